The number of nitrogens with zero attached hydrogens (tertiary/aromatic N) is 2. The molecule has 1 aromatic rings. The Morgan fingerprint density at radius 2 is 1.95 bits per heavy atom. The summed E-state index contributed by atoms with van der Waals surface area (Å²) in [5.74, 6) is 0.922. The monoisotopic (exact) mass is 273 g/mol. The molecule has 1 N–H and O–H groups in total. The van der Waals surface area contributed by atoms with Crippen molar-refractivity contribution >= 4 is 0 Å². The van der Waals surface area contributed by atoms with E-state index in [0.29, 0.717) is 11.5 Å². The van der Waals surface area contributed by atoms with E-state index in [4.69, 9.17) is 0 Å². The van der Waals surface area contributed by atoms with Crippen LogP contribution in [0, 0.1) is 11.3 Å². The summed E-state index contributed by atoms with van der Waals surface area (Å²) < 4.78 is 0. The maximum absolute atomic E-state index is 4.13. The minimum Gasteiger partial charge on any atom is -0.311 e. The Morgan fingerprint density at radius 1 is 1.25 bits per heavy atom. The Kier molecular flexibility index (Phi) is 3.83. The largest absolute Gasteiger partial charge is 0.311 e. The average molecular weight is 273 g/mol. The second-order valence-corrected chi connectivity index (χ2v) is 7.52. The molecule has 1 saturated carbocycles. The molecule has 3 nitrogen and oxygen atoms in total. The average Bonchev–Trinajstić information content (AvgIpc) is 3.23. The van der Waals surface area contributed by atoms with E-state index in [1.54, 1.807) is 0 Å². The van der Waals surface area contributed by atoms with Gasteiger partial charge in [-0.05, 0) is 41.9 Å². The number of piperazine rings is 1. The van der Waals surface area contributed by atoms with E-state index in [1.807, 2.05) is 12.4 Å². The molecule has 2 unspecified atom stereocenters. The second-order valence-electron chi connectivity index (χ2n) is 7.52. The van der Waals surface area contributed by atoms with Crippen molar-refractivity contribution in [1.82, 2.24) is 15.2 Å². The van der Waals surface area contributed by atoms with Gasteiger partial charge in [0.1, 0.15) is 0 Å². The van der Waals surface area contributed by atoms with Crippen molar-refractivity contribution in [3.05, 3.63) is 30.1 Å². The van der Waals surface area contributed by atoms with Gasteiger partial charge in [0.15, 0.2) is 0 Å². The van der Waals surface area contributed by atoms with Crippen molar-refractivity contribution in [2.75, 3.05) is 13.1 Å². The molecule has 1 aliphatic heterocycles. The van der Waals surface area contributed by atoms with Crippen LogP contribution in [-0.2, 0) is 6.54 Å². The maximum Gasteiger partial charge on any atom is 0.0271 e. The molecule has 0 aromatic carbocycles. The van der Waals surface area contributed by atoms with Gasteiger partial charge in [0.2, 0.25) is 0 Å². The van der Waals surface area contributed by atoms with Crippen molar-refractivity contribution < 1.29 is 0 Å². The minimum atomic E-state index is 0.324. The lowest BCUT2D eigenvalue weighted by atomic mass is 9.84. The lowest BCUT2D eigenvalue weighted by Crippen LogP contribution is -2.60. The fourth-order valence-electron chi connectivity index (χ4n) is 3.26. The summed E-state index contributed by atoms with van der Waals surface area (Å²) in [5.41, 5.74) is 1.71. The Balaban J connectivity index is 1.72. The number of rotatable bonds is 3. The van der Waals surface area contributed by atoms with Gasteiger partial charge in [-0.15, -0.1) is 0 Å². The van der Waals surface area contributed by atoms with E-state index in [9.17, 15) is 0 Å². The lowest BCUT2D eigenvalue weighted by Gasteiger charge is -2.45. The first kappa shape index (κ1) is 14.0. The molecule has 2 aliphatic rings. The van der Waals surface area contributed by atoms with E-state index >= 15 is 0 Å². The number of nitrogens with one attached hydrogen (secondary N) is 1. The Morgan fingerprint density at radius 3 is 2.55 bits per heavy atom. The molecule has 110 valence electrons. The summed E-state index contributed by atoms with van der Waals surface area (Å²) in [6.45, 7) is 10.4. The highest BCUT2D eigenvalue weighted by Crippen LogP contribution is 2.38. The van der Waals surface area contributed by atoms with Crippen molar-refractivity contribution in [3.63, 3.8) is 0 Å². The lowest BCUT2D eigenvalue weighted by molar-refractivity contribution is 0.0688. The van der Waals surface area contributed by atoms with Crippen molar-refractivity contribution in [3.8, 4) is 0 Å². The van der Waals surface area contributed by atoms with Crippen LogP contribution >= 0.6 is 0 Å². The quantitative estimate of drug-likeness (QED) is 0.918. The number of pyridine rings is 1. The Bertz CT molecular complexity index is 433. The second kappa shape index (κ2) is 5.45. The highest BCUT2D eigenvalue weighted by Gasteiger charge is 2.40. The third-order valence-corrected chi connectivity index (χ3v) is 4.81. The van der Waals surface area contributed by atoms with Crippen LogP contribution in [0.15, 0.2) is 24.5 Å². The predicted octanol–water partition coefficient (Wildman–Crippen LogP) is 2.68. The van der Waals surface area contributed by atoms with Gasteiger partial charge in [0, 0.05) is 44.1 Å². The molecule has 0 bridgehead atoms. The molecule has 2 fully saturated rings. The summed E-state index contributed by atoms with van der Waals surface area (Å²) in [6, 6.07) is 5.61. The van der Waals surface area contributed by atoms with Gasteiger partial charge in [-0.2, -0.15) is 0 Å². The zero-order chi connectivity index (χ0) is 14.2. The molecule has 1 aliphatic carbocycles. The van der Waals surface area contributed by atoms with Crippen molar-refractivity contribution in [2.45, 2.75) is 52.2 Å². The number of hydrogen-bond acceptors (Lipinski definition) is 3. The van der Waals surface area contributed by atoms with Gasteiger partial charge in [0.25, 0.3) is 0 Å². The topological polar surface area (TPSA) is 28.2 Å². The first-order valence-corrected chi connectivity index (χ1v) is 7.90. The molecule has 3 rings (SSSR count). The first-order valence-electron chi connectivity index (χ1n) is 7.90. The van der Waals surface area contributed by atoms with Crippen LogP contribution in [0.2, 0.25) is 0 Å². The predicted molar refractivity (Wildman–Crippen MR) is 82.4 cm³/mol. The molecule has 0 amide bonds. The van der Waals surface area contributed by atoms with E-state index in [1.165, 1.54) is 18.4 Å². The summed E-state index contributed by atoms with van der Waals surface area (Å²) in [6.07, 6.45) is 6.65. The number of hydrogen-bond donors (Lipinski definition) is 1. The van der Waals surface area contributed by atoms with Crippen LogP contribution in [0.25, 0.3) is 0 Å². The van der Waals surface area contributed by atoms with Gasteiger partial charge >= 0.3 is 0 Å². The molecular weight excluding hydrogens is 246 g/mol. The fraction of sp³-hybridized carbons (Fsp3) is 0.706. The van der Waals surface area contributed by atoms with Crippen molar-refractivity contribution in [2.24, 2.45) is 11.3 Å². The summed E-state index contributed by atoms with van der Waals surface area (Å²) in [4.78, 5) is 6.84. The van der Waals surface area contributed by atoms with E-state index < -0.39 is 0 Å². The highest BCUT2D eigenvalue weighted by atomic mass is 15.2. The molecule has 3 heteroatoms. The Hall–Kier alpha value is -0.930. The first-order chi connectivity index (χ1) is 9.54. The molecule has 0 radical (unpaired) electrons. The fourth-order valence-corrected chi connectivity index (χ4v) is 3.26. The zero-order valence-electron chi connectivity index (χ0n) is 13.0. The van der Waals surface area contributed by atoms with E-state index in [0.717, 1.165) is 31.6 Å². The van der Waals surface area contributed by atoms with Gasteiger partial charge in [-0.25, -0.2) is 0 Å². The van der Waals surface area contributed by atoms with Gasteiger partial charge in [0.05, 0.1) is 0 Å². The smallest absolute Gasteiger partial charge is 0.0271 e. The van der Waals surface area contributed by atoms with E-state index in [-0.39, 0.29) is 0 Å². The summed E-state index contributed by atoms with van der Waals surface area (Å²) in [7, 11) is 0. The van der Waals surface area contributed by atoms with Crippen LogP contribution < -0.4 is 5.32 Å². The third kappa shape index (κ3) is 3.21. The molecule has 1 saturated heterocycles. The summed E-state index contributed by atoms with van der Waals surface area (Å²) in [5, 5.41) is 3.79. The van der Waals surface area contributed by atoms with Gasteiger partial charge in [-0.1, -0.05) is 20.8 Å². The van der Waals surface area contributed by atoms with Crippen molar-refractivity contribution in [1.29, 1.82) is 0 Å². The zero-order valence-corrected chi connectivity index (χ0v) is 13.0. The SMILES string of the molecule is CC(C)(C)C1CN(Cc2ccncc2)C(C2CC2)CN1. The third-order valence-electron chi connectivity index (χ3n) is 4.81. The molecule has 0 spiro atoms. The van der Waals surface area contributed by atoms with Gasteiger partial charge in [-0.3, -0.25) is 9.88 Å². The van der Waals surface area contributed by atoms with Crippen LogP contribution in [0.5, 0.6) is 0 Å². The van der Waals surface area contributed by atoms with Gasteiger partial charge < -0.3 is 5.32 Å². The normalized spacial score (nSPS) is 28.6. The van der Waals surface area contributed by atoms with Crippen LogP contribution in [0.1, 0.15) is 39.2 Å². The minimum absolute atomic E-state index is 0.324. The number of aromatic nitrogens is 1. The highest BCUT2D eigenvalue weighted by molar-refractivity contribution is 5.11. The molecular formula is C17H27N3. The standard InChI is InChI=1S/C17H27N3/c1-17(2,3)16-12-20(11-13-6-8-18-9-7-13)15(10-19-16)14-4-5-14/h6-9,14-16,19H,4-5,10-12H2,1-3H3. The molecule has 1 aromatic heterocycles. The molecule has 2 atom stereocenters. The van der Waals surface area contributed by atoms with Crippen LogP contribution in [0.3, 0.4) is 0 Å². The van der Waals surface area contributed by atoms with E-state index in [2.05, 4.69) is 48.1 Å². The molecule has 2 heterocycles. The van der Waals surface area contributed by atoms with Crippen LogP contribution in [0.4, 0.5) is 0 Å². The Labute approximate surface area is 122 Å². The van der Waals surface area contributed by atoms with Crippen LogP contribution in [-0.4, -0.2) is 35.1 Å². The molecule has 20 heavy (non-hydrogen) atoms. The summed E-state index contributed by atoms with van der Waals surface area (Å²) >= 11 is 0. The maximum atomic E-state index is 4.13.